The lowest BCUT2D eigenvalue weighted by Crippen LogP contribution is -2.21. The molecule has 0 unspecified atom stereocenters. The first-order valence-corrected chi connectivity index (χ1v) is 8.76. The molecular weight excluding hydrogens is 358 g/mol. The van der Waals surface area contributed by atoms with Gasteiger partial charge in [-0.2, -0.15) is 5.10 Å². The number of hydrazone groups is 1. The number of ether oxygens (including phenoxy) is 2. The predicted octanol–water partition coefficient (Wildman–Crippen LogP) is 3.46. The zero-order valence-corrected chi connectivity index (χ0v) is 16.8. The van der Waals surface area contributed by atoms with Crippen molar-refractivity contribution < 1.29 is 19.1 Å². The van der Waals surface area contributed by atoms with E-state index >= 15 is 0 Å². The van der Waals surface area contributed by atoms with E-state index in [1.165, 1.54) is 14.2 Å². The Morgan fingerprint density at radius 1 is 1.04 bits per heavy atom. The number of carbonyl (C=O) groups excluding carboxylic acids is 2. The van der Waals surface area contributed by atoms with Gasteiger partial charge < -0.3 is 14.8 Å². The fraction of sp³-hybridized carbons (Fsp3) is 0.286. The van der Waals surface area contributed by atoms with E-state index in [1.54, 1.807) is 25.1 Å². The molecule has 7 heteroatoms. The molecule has 28 heavy (non-hydrogen) atoms. The number of aryl methyl sites for hydroxylation is 1. The molecule has 2 aromatic carbocycles. The standard InChI is InChI=1S/C21H25N3O4/c1-13-7-6-8-19(15(13)3)22-20(25)9-14(2)23-24-21(26)16-10-17(27-4)12-18(11-16)28-5/h6-8,10-12H,9H2,1-5H3,(H,22,25)(H,24,26)/b23-14+. The highest BCUT2D eigenvalue weighted by molar-refractivity contribution is 6.06. The third-order valence-electron chi connectivity index (χ3n) is 4.26. The molecule has 0 bridgehead atoms. The van der Waals surface area contributed by atoms with Crippen molar-refractivity contribution in [1.82, 2.24) is 5.43 Å². The largest absolute Gasteiger partial charge is 0.497 e. The van der Waals surface area contributed by atoms with Gasteiger partial charge in [0.2, 0.25) is 5.91 Å². The van der Waals surface area contributed by atoms with Crippen LogP contribution in [0.1, 0.15) is 34.8 Å². The number of anilines is 1. The molecule has 0 saturated heterocycles. The Morgan fingerprint density at radius 2 is 1.68 bits per heavy atom. The van der Waals surface area contributed by atoms with Gasteiger partial charge in [0.05, 0.1) is 20.6 Å². The van der Waals surface area contributed by atoms with Crippen molar-refractivity contribution in [3.8, 4) is 11.5 Å². The Labute approximate surface area is 164 Å². The van der Waals surface area contributed by atoms with Gasteiger partial charge in [-0.05, 0) is 50.1 Å². The summed E-state index contributed by atoms with van der Waals surface area (Å²) < 4.78 is 10.3. The van der Waals surface area contributed by atoms with Gasteiger partial charge in [0.15, 0.2) is 0 Å². The molecule has 0 fully saturated rings. The van der Waals surface area contributed by atoms with Crippen LogP contribution < -0.4 is 20.2 Å². The van der Waals surface area contributed by atoms with Crippen molar-refractivity contribution in [1.29, 1.82) is 0 Å². The summed E-state index contributed by atoms with van der Waals surface area (Å²) in [6.45, 7) is 5.62. The van der Waals surface area contributed by atoms with Gasteiger partial charge in [0.1, 0.15) is 11.5 Å². The Balaban J connectivity index is 1.99. The van der Waals surface area contributed by atoms with Crippen LogP contribution in [0.2, 0.25) is 0 Å². The maximum Gasteiger partial charge on any atom is 0.271 e. The number of nitrogens with one attached hydrogen (secondary N) is 2. The molecule has 0 aromatic heterocycles. The second-order valence-corrected chi connectivity index (χ2v) is 6.36. The minimum Gasteiger partial charge on any atom is -0.497 e. The molecule has 148 valence electrons. The second-order valence-electron chi connectivity index (χ2n) is 6.36. The highest BCUT2D eigenvalue weighted by Crippen LogP contribution is 2.22. The van der Waals surface area contributed by atoms with Crippen LogP contribution in [0.15, 0.2) is 41.5 Å². The molecule has 2 aromatic rings. The van der Waals surface area contributed by atoms with Crippen molar-refractivity contribution in [2.24, 2.45) is 5.10 Å². The van der Waals surface area contributed by atoms with Crippen molar-refractivity contribution in [3.05, 3.63) is 53.1 Å². The predicted molar refractivity (Wildman–Crippen MR) is 109 cm³/mol. The molecule has 0 atom stereocenters. The van der Waals surface area contributed by atoms with E-state index in [1.807, 2.05) is 32.0 Å². The molecule has 2 amide bonds. The van der Waals surface area contributed by atoms with E-state index in [-0.39, 0.29) is 12.3 Å². The van der Waals surface area contributed by atoms with Crippen LogP contribution in [0.25, 0.3) is 0 Å². The van der Waals surface area contributed by atoms with Crippen LogP contribution in [-0.2, 0) is 4.79 Å². The van der Waals surface area contributed by atoms with Crippen LogP contribution in [0, 0.1) is 13.8 Å². The average Bonchev–Trinajstić information content (AvgIpc) is 2.69. The molecule has 2 rings (SSSR count). The van der Waals surface area contributed by atoms with Crippen molar-refractivity contribution in [2.45, 2.75) is 27.2 Å². The van der Waals surface area contributed by atoms with E-state index in [9.17, 15) is 9.59 Å². The fourth-order valence-electron chi connectivity index (χ4n) is 2.50. The summed E-state index contributed by atoms with van der Waals surface area (Å²) in [5, 5.41) is 6.87. The first-order valence-electron chi connectivity index (χ1n) is 8.76. The maximum absolute atomic E-state index is 12.3. The van der Waals surface area contributed by atoms with Gasteiger partial charge in [-0.3, -0.25) is 9.59 Å². The third-order valence-corrected chi connectivity index (χ3v) is 4.26. The van der Waals surface area contributed by atoms with Gasteiger partial charge in [0, 0.05) is 23.0 Å². The molecular formula is C21H25N3O4. The number of rotatable bonds is 7. The average molecular weight is 383 g/mol. The fourth-order valence-corrected chi connectivity index (χ4v) is 2.50. The summed E-state index contributed by atoms with van der Waals surface area (Å²) in [5.41, 5.74) is 6.16. The lowest BCUT2D eigenvalue weighted by atomic mass is 10.1. The smallest absolute Gasteiger partial charge is 0.271 e. The molecule has 0 spiro atoms. The quantitative estimate of drug-likeness (QED) is 0.566. The number of hydrogen-bond donors (Lipinski definition) is 2. The molecule has 0 radical (unpaired) electrons. The van der Waals surface area contributed by atoms with E-state index < -0.39 is 5.91 Å². The number of carbonyl (C=O) groups is 2. The van der Waals surface area contributed by atoms with Crippen LogP contribution >= 0.6 is 0 Å². The number of amides is 2. The summed E-state index contributed by atoms with van der Waals surface area (Å²) in [6, 6.07) is 10.6. The molecule has 2 N–H and O–H groups in total. The van der Waals surface area contributed by atoms with Gasteiger partial charge in [0.25, 0.3) is 5.91 Å². The van der Waals surface area contributed by atoms with Gasteiger partial charge >= 0.3 is 0 Å². The second kappa shape index (κ2) is 9.55. The third kappa shape index (κ3) is 5.57. The van der Waals surface area contributed by atoms with Crippen molar-refractivity contribution >= 4 is 23.2 Å². The van der Waals surface area contributed by atoms with E-state index in [2.05, 4.69) is 15.8 Å². The zero-order valence-electron chi connectivity index (χ0n) is 16.8. The maximum atomic E-state index is 12.3. The van der Waals surface area contributed by atoms with Crippen LogP contribution in [0.5, 0.6) is 11.5 Å². The summed E-state index contributed by atoms with van der Waals surface area (Å²) in [4.78, 5) is 24.5. The summed E-state index contributed by atoms with van der Waals surface area (Å²) in [5.74, 6) is 0.370. The first kappa shape index (κ1) is 21.0. The van der Waals surface area contributed by atoms with Crippen molar-refractivity contribution in [3.63, 3.8) is 0 Å². The molecule has 0 saturated carbocycles. The van der Waals surface area contributed by atoms with Gasteiger partial charge in [-0.25, -0.2) is 5.43 Å². The number of methoxy groups -OCH3 is 2. The summed E-state index contributed by atoms with van der Waals surface area (Å²) >= 11 is 0. The normalized spacial score (nSPS) is 11.0. The molecule has 7 nitrogen and oxygen atoms in total. The lowest BCUT2D eigenvalue weighted by molar-refractivity contribution is -0.115. The van der Waals surface area contributed by atoms with E-state index in [0.29, 0.717) is 22.8 Å². The highest BCUT2D eigenvalue weighted by atomic mass is 16.5. The molecule has 0 aliphatic heterocycles. The monoisotopic (exact) mass is 383 g/mol. The van der Waals surface area contributed by atoms with Crippen molar-refractivity contribution in [2.75, 3.05) is 19.5 Å². The minimum atomic E-state index is -0.425. The van der Waals surface area contributed by atoms with Gasteiger partial charge in [-0.15, -0.1) is 0 Å². The molecule has 0 heterocycles. The minimum absolute atomic E-state index is 0.0646. The molecule has 0 aliphatic carbocycles. The lowest BCUT2D eigenvalue weighted by Gasteiger charge is -2.10. The first-order chi connectivity index (χ1) is 13.3. The Bertz CT molecular complexity index is 884. The topological polar surface area (TPSA) is 89.0 Å². The number of benzene rings is 2. The van der Waals surface area contributed by atoms with Crippen LogP contribution in [0.4, 0.5) is 5.69 Å². The van der Waals surface area contributed by atoms with Gasteiger partial charge in [-0.1, -0.05) is 12.1 Å². The highest BCUT2D eigenvalue weighted by Gasteiger charge is 2.11. The van der Waals surface area contributed by atoms with E-state index in [4.69, 9.17) is 9.47 Å². The summed E-state index contributed by atoms with van der Waals surface area (Å²) in [6.07, 6.45) is 0.0646. The van der Waals surface area contributed by atoms with Crippen LogP contribution in [-0.4, -0.2) is 31.7 Å². The van der Waals surface area contributed by atoms with E-state index in [0.717, 1.165) is 16.8 Å². The number of nitrogens with zero attached hydrogens (tertiary/aromatic N) is 1. The zero-order chi connectivity index (χ0) is 20.7. The Kier molecular flexibility index (Phi) is 7.14. The Morgan fingerprint density at radius 3 is 2.29 bits per heavy atom. The summed E-state index contributed by atoms with van der Waals surface area (Å²) in [7, 11) is 3.01. The SMILES string of the molecule is COc1cc(OC)cc(C(=O)N/N=C(\C)CC(=O)Nc2cccc(C)c2C)c1. The number of hydrogen-bond acceptors (Lipinski definition) is 5. The Hall–Kier alpha value is -3.35. The molecule has 0 aliphatic rings. The van der Waals surface area contributed by atoms with Crippen LogP contribution in [0.3, 0.4) is 0 Å².